The Labute approximate surface area is 151 Å². The molecule has 0 aromatic carbocycles. The number of Topliss-reactive ketones (excluding diaryl/α,β-unsaturated/α-hetero) is 1. The Bertz CT molecular complexity index is 575. The highest BCUT2D eigenvalue weighted by Crippen LogP contribution is 2.24. The van der Waals surface area contributed by atoms with Gasteiger partial charge in [0, 0.05) is 24.3 Å². The molecule has 6 heteroatoms. The summed E-state index contributed by atoms with van der Waals surface area (Å²) < 4.78 is 0. The van der Waals surface area contributed by atoms with Crippen molar-refractivity contribution in [3.63, 3.8) is 0 Å². The predicted molar refractivity (Wildman–Crippen MR) is 99.3 cm³/mol. The molecule has 1 aromatic rings. The maximum atomic E-state index is 12.9. The van der Waals surface area contributed by atoms with Crippen LogP contribution in [0.4, 0.5) is 0 Å². The van der Waals surface area contributed by atoms with Gasteiger partial charge in [0.05, 0.1) is 0 Å². The molecule has 1 amide bonds. The van der Waals surface area contributed by atoms with Gasteiger partial charge in [-0.1, -0.05) is 13.8 Å². The zero-order valence-corrected chi connectivity index (χ0v) is 16.0. The lowest BCUT2D eigenvalue weighted by atomic mass is 9.96. The average molecular weight is 356 g/mol. The van der Waals surface area contributed by atoms with E-state index >= 15 is 0 Å². The lowest BCUT2D eigenvalue weighted by Crippen LogP contribution is -2.41. The highest BCUT2D eigenvalue weighted by molar-refractivity contribution is 6.02. The van der Waals surface area contributed by atoms with Gasteiger partial charge in [-0.25, -0.2) is 0 Å². The van der Waals surface area contributed by atoms with Gasteiger partial charge >= 0.3 is 0 Å². The predicted octanol–water partition coefficient (Wildman–Crippen LogP) is 2.97. The summed E-state index contributed by atoms with van der Waals surface area (Å²) in [5.74, 6) is 0.723. The summed E-state index contributed by atoms with van der Waals surface area (Å²) in [6.07, 6.45) is 2.77. The van der Waals surface area contributed by atoms with Crippen LogP contribution < -0.4 is 5.32 Å². The molecule has 136 valence electrons. The minimum atomic E-state index is 0. The maximum Gasteiger partial charge on any atom is 0.270 e. The number of aromatic nitrogens is 1. The van der Waals surface area contributed by atoms with Crippen LogP contribution in [-0.4, -0.2) is 47.8 Å². The van der Waals surface area contributed by atoms with E-state index in [1.165, 1.54) is 0 Å². The number of halogens is 1. The second-order valence-corrected chi connectivity index (χ2v) is 6.43. The van der Waals surface area contributed by atoms with Crippen LogP contribution in [0.3, 0.4) is 0 Å². The first-order valence-electron chi connectivity index (χ1n) is 8.71. The van der Waals surface area contributed by atoms with E-state index in [1.807, 2.05) is 18.7 Å². The number of aromatic amines is 1. The standard InChI is InChI=1S/C18H29N3O2.ClH/c1-5-15-16(13(4)22)12(3)20-17(15)18(23)21-9-7-14(8-10-21)11-19-6-2;/h14,19-20H,5-11H2,1-4H3;1H. The molecule has 0 saturated carbocycles. The Kier molecular flexibility index (Phi) is 7.97. The summed E-state index contributed by atoms with van der Waals surface area (Å²) in [7, 11) is 0. The first-order valence-corrected chi connectivity index (χ1v) is 8.71. The first kappa shape index (κ1) is 20.7. The molecule has 5 nitrogen and oxygen atoms in total. The number of amides is 1. The minimum absolute atomic E-state index is 0. The molecule has 1 fully saturated rings. The average Bonchev–Trinajstić information content (AvgIpc) is 2.89. The number of nitrogens with zero attached hydrogens (tertiary/aromatic N) is 1. The smallest absolute Gasteiger partial charge is 0.270 e. The van der Waals surface area contributed by atoms with E-state index in [0.29, 0.717) is 23.6 Å². The number of H-pyrrole nitrogens is 1. The summed E-state index contributed by atoms with van der Waals surface area (Å²) >= 11 is 0. The molecule has 2 heterocycles. The summed E-state index contributed by atoms with van der Waals surface area (Å²) in [6, 6.07) is 0. The van der Waals surface area contributed by atoms with Gasteiger partial charge in [-0.15, -0.1) is 12.4 Å². The molecule has 1 saturated heterocycles. The van der Waals surface area contributed by atoms with Crippen molar-refractivity contribution in [1.29, 1.82) is 0 Å². The number of ketones is 1. The molecule has 0 spiro atoms. The van der Waals surface area contributed by atoms with Crippen LogP contribution in [0.1, 0.15) is 65.7 Å². The van der Waals surface area contributed by atoms with E-state index in [-0.39, 0.29) is 24.1 Å². The molecule has 0 atom stereocenters. The van der Waals surface area contributed by atoms with Gasteiger partial charge < -0.3 is 15.2 Å². The highest BCUT2D eigenvalue weighted by atomic mass is 35.5. The van der Waals surface area contributed by atoms with Crippen molar-refractivity contribution in [2.75, 3.05) is 26.2 Å². The SMILES string of the molecule is CCNCC1CCN(C(=O)c2[nH]c(C)c(C(C)=O)c2CC)CC1.Cl. The van der Waals surface area contributed by atoms with Crippen LogP contribution >= 0.6 is 12.4 Å². The first-order chi connectivity index (χ1) is 11.0. The minimum Gasteiger partial charge on any atom is -0.354 e. The molecule has 24 heavy (non-hydrogen) atoms. The number of piperidine rings is 1. The number of hydrogen-bond acceptors (Lipinski definition) is 3. The van der Waals surface area contributed by atoms with Gasteiger partial charge in [-0.3, -0.25) is 9.59 Å². The topological polar surface area (TPSA) is 65.2 Å². The largest absolute Gasteiger partial charge is 0.354 e. The third-order valence-electron chi connectivity index (χ3n) is 4.80. The van der Waals surface area contributed by atoms with Crippen LogP contribution in [0.5, 0.6) is 0 Å². The van der Waals surface area contributed by atoms with Crippen LogP contribution in [0, 0.1) is 12.8 Å². The van der Waals surface area contributed by atoms with Gasteiger partial charge in [0.15, 0.2) is 5.78 Å². The Morgan fingerprint density at radius 1 is 1.25 bits per heavy atom. The van der Waals surface area contributed by atoms with Crippen molar-refractivity contribution in [3.8, 4) is 0 Å². The van der Waals surface area contributed by atoms with Gasteiger partial charge in [0.25, 0.3) is 5.91 Å². The molecular formula is C18H30ClN3O2. The molecule has 2 rings (SSSR count). The van der Waals surface area contributed by atoms with E-state index in [1.54, 1.807) is 6.92 Å². The number of likely N-dealkylation sites (tertiary alicyclic amines) is 1. The normalized spacial score (nSPS) is 15.2. The van der Waals surface area contributed by atoms with Gasteiger partial charge in [-0.2, -0.15) is 0 Å². The van der Waals surface area contributed by atoms with Crippen molar-refractivity contribution >= 4 is 24.1 Å². The third kappa shape index (κ3) is 4.39. The zero-order chi connectivity index (χ0) is 17.0. The molecule has 2 N–H and O–H groups in total. The van der Waals surface area contributed by atoms with Crippen molar-refractivity contribution in [1.82, 2.24) is 15.2 Å². The van der Waals surface area contributed by atoms with Crippen LogP contribution in [0.25, 0.3) is 0 Å². The van der Waals surface area contributed by atoms with Gasteiger partial charge in [0.2, 0.25) is 0 Å². The van der Waals surface area contributed by atoms with E-state index < -0.39 is 0 Å². The summed E-state index contributed by atoms with van der Waals surface area (Å²) in [4.78, 5) is 29.8. The van der Waals surface area contributed by atoms with Crippen molar-refractivity contribution in [2.45, 2.75) is 47.0 Å². The molecule has 0 unspecified atom stereocenters. The second kappa shape index (κ2) is 9.23. The van der Waals surface area contributed by atoms with E-state index in [2.05, 4.69) is 17.2 Å². The lowest BCUT2D eigenvalue weighted by molar-refractivity contribution is 0.0684. The van der Waals surface area contributed by atoms with E-state index in [9.17, 15) is 9.59 Å². The zero-order valence-electron chi connectivity index (χ0n) is 15.2. The number of aryl methyl sites for hydroxylation is 1. The molecular weight excluding hydrogens is 326 g/mol. The van der Waals surface area contributed by atoms with Crippen LogP contribution in [0.2, 0.25) is 0 Å². The lowest BCUT2D eigenvalue weighted by Gasteiger charge is -2.32. The summed E-state index contributed by atoms with van der Waals surface area (Å²) in [6.45, 7) is 11.2. The Morgan fingerprint density at radius 3 is 2.38 bits per heavy atom. The van der Waals surface area contributed by atoms with Crippen LogP contribution in [0.15, 0.2) is 0 Å². The van der Waals surface area contributed by atoms with Crippen molar-refractivity contribution < 1.29 is 9.59 Å². The molecule has 1 aliphatic heterocycles. The number of carbonyl (C=O) groups excluding carboxylic acids is 2. The van der Waals surface area contributed by atoms with Crippen molar-refractivity contribution in [3.05, 3.63) is 22.5 Å². The number of carbonyl (C=O) groups is 2. The number of hydrogen-bond donors (Lipinski definition) is 2. The van der Waals surface area contributed by atoms with Gasteiger partial charge in [-0.05, 0) is 57.7 Å². The van der Waals surface area contributed by atoms with E-state index in [4.69, 9.17) is 0 Å². The fourth-order valence-corrected chi connectivity index (χ4v) is 3.54. The van der Waals surface area contributed by atoms with Crippen molar-refractivity contribution in [2.24, 2.45) is 5.92 Å². The Balaban J connectivity index is 0.00000288. The number of rotatable bonds is 6. The third-order valence-corrected chi connectivity index (χ3v) is 4.80. The highest BCUT2D eigenvalue weighted by Gasteiger charge is 2.28. The molecule has 1 aliphatic rings. The number of nitrogens with one attached hydrogen (secondary N) is 2. The monoisotopic (exact) mass is 355 g/mol. The molecule has 0 aliphatic carbocycles. The molecule has 0 bridgehead atoms. The summed E-state index contributed by atoms with van der Waals surface area (Å²) in [5.41, 5.74) is 2.98. The Hall–Kier alpha value is -1.33. The second-order valence-electron chi connectivity index (χ2n) is 6.43. The quantitative estimate of drug-likeness (QED) is 0.771. The van der Waals surface area contributed by atoms with Gasteiger partial charge in [0.1, 0.15) is 5.69 Å². The van der Waals surface area contributed by atoms with E-state index in [0.717, 1.165) is 50.3 Å². The Morgan fingerprint density at radius 2 is 1.88 bits per heavy atom. The fraction of sp³-hybridized carbons (Fsp3) is 0.667. The van der Waals surface area contributed by atoms with Crippen LogP contribution in [-0.2, 0) is 6.42 Å². The maximum absolute atomic E-state index is 12.9. The molecule has 1 aromatic heterocycles. The summed E-state index contributed by atoms with van der Waals surface area (Å²) in [5, 5.41) is 3.39. The fourth-order valence-electron chi connectivity index (χ4n) is 3.54. The molecule has 0 radical (unpaired) electrons.